The van der Waals surface area contributed by atoms with Crippen molar-refractivity contribution in [1.29, 1.82) is 0 Å². The molecule has 1 aromatic carbocycles. The van der Waals surface area contributed by atoms with E-state index >= 15 is 0 Å². The summed E-state index contributed by atoms with van der Waals surface area (Å²) >= 11 is 0. The zero-order valence-electron chi connectivity index (χ0n) is 14.3. The molecule has 128 valence electrons. The van der Waals surface area contributed by atoms with Gasteiger partial charge in [-0.25, -0.2) is 4.79 Å². The second kappa shape index (κ2) is 7.68. The second-order valence-electron chi connectivity index (χ2n) is 5.23. The number of benzene rings is 1. The summed E-state index contributed by atoms with van der Waals surface area (Å²) in [6.45, 7) is 5.35. The number of ether oxygens (including phenoxy) is 3. The van der Waals surface area contributed by atoms with Gasteiger partial charge in [0.1, 0.15) is 11.5 Å². The van der Waals surface area contributed by atoms with Gasteiger partial charge in [0, 0.05) is 5.69 Å². The molecular formula is C18H21NO5. The first-order valence-corrected chi connectivity index (χ1v) is 7.64. The summed E-state index contributed by atoms with van der Waals surface area (Å²) in [4.78, 5) is 27.3. The van der Waals surface area contributed by atoms with Crippen molar-refractivity contribution in [2.24, 2.45) is 0 Å². The minimum absolute atomic E-state index is 0.130. The van der Waals surface area contributed by atoms with Crippen LogP contribution in [0.5, 0.6) is 11.5 Å². The Labute approximate surface area is 140 Å². The largest absolute Gasteiger partial charge is 0.497 e. The number of Topliss-reactive ketones (excluding diaryl/α,β-unsaturated/α-hetero) is 1. The molecule has 0 aliphatic heterocycles. The van der Waals surface area contributed by atoms with Crippen molar-refractivity contribution >= 4 is 11.8 Å². The first-order chi connectivity index (χ1) is 11.5. The second-order valence-corrected chi connectivity index (χ2v) is 5.23. The van der Waals surface area contributed by atoms with Gasteiger partial charge < -0.3 is 19.2 Å². The maximum absolute atomic E-state index is 12.4. The molecule has 0 bridgehead atoms. The summed E-state index contributed by atoms with van der Waals surface area (Å²) in [7, 11) is 1.58. The summed E-state index contributed by atoms with van der Waals surface area (Å²) in [5.41, 5.74) is 1.96. The van der Waals surface area contributed by atoms with E-state index in [0.29, 0.717) is 34.0 Å². The summed E-state index contributed by atoms with van der Waals surface area (Å²) in [6.07, 6.45) is 0. The zero-order chi connectivity index (χ0) is 17.7. The van der Waals surface area contributed by atoms with Crippen molar-refractivity contribution < 1.29 is 23.8 Å². The lowest BCUT2D eigenvalue weighted by molar-refractivity contribution is 0.0525. The van der Waals surface area contributed by atoms with Gasteiger partial charge in [0.15, 0.2) is 6.61 Å². The van der Waals surface area contributed by atoms with Gasteiger partial charge in [-0.2, -0.15) is 0 Å². The lowest BCUT2D eigenvalue weighted by atomic mass is 10.1. The monoisotopic (exact) mass is 331 g/mol. The topological polar surface area (TPSA) is 77.6 Å². The van der Waals surface area contributed by atoms with Gasteiger partial charge in [-0.05, 0) is 50.6 Å². The smallest absolute Gasteiger partial charge is 0.340 e. The van der Waals surface area contributed by atoms with Crippen LogP contribution in [0.2, 0.25) is 0 Å². The highest BCUT2D eigenvalue weighted by molar-refractivity contribution is 6.02. The van der Waals surface area contributed by atoms with Gasteiger partial charge in [0.05, 0.1) is 25.0 Å². The van der Waals surface area contributed by atoms with E-state index in [-0.39, 0.29) is 19.0 Å². The molecule has 0 aliphatic rings. The first kappa shape index (κ1) is 17.6. The van der Waals surface area contributed by atoms with Crippen LogP contribution in [-0.4, -0.2) is 37.1 Å². The molecule has 6 heteroatoms. The zero-order valence-corrected chi connectivity index (χ0v) is 14.3. The fourth-order valence-electron chi connectivity index (χ4n) is 2.43. The van der Waals surface area contributed by atoms with E-state index in [0.717, 1.165) is 0 Å². The normalized spacial score (nSPS) is 10.3. The Bertz CT molecular complexity index is 731. The van der Waals surface area contributed by atoms with Crippen molar-refractivity contribution in [1.82, 2.24) is 4.98 Å². The Morgan fingerprint density at radius 2 is 1.71 bits per heavy atom. The van der Waals surface area contributed by atoms with Gasteiger partial charge in [-0.3, -0.25) is 4.79 Å². The number of aryl methyl sites for hydroxylation is 1. The molecule has 2 rings (SSSR count). The summed E-state index contributed by atoms with van der Waals surface area (Å²) in [5, 5.41) is 0. The van der Waals surface area contributed by atoms with Crippen LogP contribution in [0.3, 0.4) is 0 Å². The van der Waals surface area contributed by atoms with E-state index in [4.69, 9.17) is 14.2 Å². The minimum Gasteiger partial charge on any atom is -0.497 e. The number of aromatic nitrogens is 1. The lowest BCUT2D eigenvalue weighted by Crippen LogP contribution is -2.13. The molecule has 0 saturated carbocycles. The molecular weight excluding hydrogens is 310 g/mol. The van der Waals surface area contributed by atoms with E-state index in [1.165, 1.54) is 0 Å². The van der Waals surface area contributed by atoms with Crippen LogP contribution in [0.25, 0.3) is 0 Å². The molecule has 2 aromatic rings. The van der Waals surface area contributed by atoms with Crippen LogP contribution in [0.4, 0.5) is 0 Å². The van der Waals surface area contributed by atoms with Crippen molar-refractivity contribution in [2.75, 3.05) is 20.3 Å². The van der Waals surface area contributed by atoms with Gasteiger partial charge in [0.2, 0.25) is 5.78 Å². The number of carbonyl (C=O) groups is 2. The van der Waals surface area contributed by atoms with Gasteiger partial charge in [0.25, 0.3) is 0 Å². The Morgan fingerprint density at radius 1 is 1.08 bits per heavy atom. The third-order valence-corrected chi connectivity index (χ3v) is 3.63. The van der Waals surface area contributed by atoms with Crippen molar-refractivity contribution in [3.8, 4) is 11.5 Å². The Morgan fingerprint density at radius 3 is 2.29 bits per heavy atom. The summed E-state index contributed by atoms with van der Waals surface area (Å²) in [5.74, 6) is 0.611. The third kappa shape index (κ3) is 3.76. The molecule has 1 heterocycles. The number of ketones is 1. The van der Waals surface area contributed by atoms with E-state index in [1.807, 2.05) is 0 Å². The molecule has 0 amide bonds. The quantitative estimate of drug-likeness (QED) is 0.623. The number of rotatable bonds is 7. The van der Waals surface area contributed by atoms with E-state index in [1.54, 1.807) is 52.1 Å². The minimum atomic E-state index is -0.432. The van der Waals surface area contributed by atoms with E-state index < -0.39 is 5.97 Å². The predicted molar refractivity (Wildman–Crippen MR) is 89.0 cm³/mol. The highest BCUT2D eigenvalue weighted by atomic mass is 16.5. The number of carbonyl (C=O) groups excluding carboxylic acids is 2. The summed E-state index contributed by atoms with van der Waals surface area (Å²) in [6, 6.07) is 6.96. The van der Waals surface area contributed by atoms with Crippen LogP contribution in [0.15, 0.2) is 24.3 Å². The predicted octanol–water partition coefficient (Wildman–Crippen LogP) is 3.08. The molecule has 6 nitrogen and oxygen atoms in total. The van der Waals surface area contributed by atoms with Crippen LogP contribution >= 0.6 is 0 Å². The average Bonchev–Trinajstić information content (AvgIpc) is 2.88. The third-order valence-electron chi connectivity index (χ3n) is 3.63. The molecule has 1 N–H and O–H groups in total. The van der Waals surface area contributed by atoms with Gasteiger partial charge >= 0.3 is 5.97 Å². The standard InChI is InChI=1S/C18H21NO5/c1-5-23-18(21)16-11(2)17(19-12(16)3)15(20)10-24-14-8-6-13(22-4)7-9-14/h6-9,19H,5,10H2,1-4H3. The SMILES string of the molecule is CCOC(=O)c1c(C)[nH]c(C(=O)COc2ccc(OC)cc2)c1C. The highest BCUT2D eigenvalue weighted by Gasteiger charge is 2.22. The van der Waals surface area contributed by atoms with Crippen molar-refractivity contribution in [3.63, 3.8) is 0 Å². The number of esters is 1. The van der Waals surface area contributed by atoms with Crippen molar-refractivity contribution in [3.05, 3.63) is 46.8 Å². The molecule has 0 saturated heterocycles. The molecule has 0 fully saturated rings. The molecule has 0 radical (unpaired) electrons. The van der Waals surface area contributed by atoms with Crippen molar-refractivity contribution in [2.45, 2.75) is 20.8 Å². The number of H-pyrrole nitrogens is 1. The maximum Gasteiger partial charge on any atom is 0.340 e. The number of methoxy groups -OCH3 is 1. The van der Waals surface area contributed by atoms with E-state index in [9.17, 15) is 9.59 Å². The highest BCUT2D eigenvalue weighted by Crippen LogP contribution is 2.21. The number of aromatic amines is 1. The van der Waals surface area contributed by atoms with Crippen LogP contribution in [0, 0.1) is 13.8 Å². The van der Waals surface area contributed by atoms with Crippen LogP contribution in [0.1, 0.15) is 39.0 Å². The molecule has 0 aliphatic carbocycles. The molecule has 0 atom stereocenters. The maximum atomic E-state index is 12.4. The van der Waals surface area contributed by atoms with Gasteiger partial charge in [-0.15, -0.1) is 0 Å². The average molecular weight is 331 g/mol. The number of hydrogen-bond donors (Lipinski definition) is 1. The number of hydrogen-bond acceptors (Lipinski definition) is 5. The Balaban J connectivity index is 2.09. The molecule has 24 heavy (non-hydrogen) atoms. The Hall–Kier alpha value is -2.76. The number of nitrogens with one attached hydrogen (secondary N) is 1. The molecule has 1 aromatic heterocycles. The fraction of sp³-hybridized carbons (Fsp3) is 0.333. The van der Waals surface area contributed by atoms with E-state index in [2.05, 4.69) is 4.98 Å². The fourth-order valence-corrected chi connectivity index (χ4v) is 2.43. The van der Waals surface area contributed by atoms with Crippen LogP contribution in [-0.2, 0) is 4.74 Å². The molecule has 0 unspecified atom stereocenters. The molecule has 0 spiro atoms. The Kier molecular flexibility index (Phi) is 5.63. The van der Waals surface area contributed by atoms with Crippen LogP contribution < -0.4 is 9.47 Å². The lowest BCUT2D eigenvalue weighted by Gasteiger charge is -2.06. The summed E-state index contributed by atoms with van der Waals surface area (Å²) < 4.78 is 15.6. The van der Waals surface area contributed by atoms with Gasteiger partial charge in [-0.1, -0.05) is 0 Å². The first-order valence-electron chi connectivity index (χ1n) is 7.64.